The number of esters is 1. The smallest absolute Gasteiger partial charge is 0.308 e. The summed E-state index contributed by atoms with van der Waals surface area (Å²) in [4.78, 5) is 13.2. The van der Waals surface area contributed by atoms with E-state index in [1.807, 2.05) is 0 Å². The first kappa shape index (κ1) is 22.5. The summed E-state index contributed by atoms with van der Waals surface area (Å²) in [6, 6.07) is 19.2. The summed E-state index contributed by atoms with van der Waals surface area (Å²) in [7, 11) is 0. The lowest BCUT2D eigenvalue weighted by atomic mass is 9.89. The molecule has 0 atom stereocenters. The van der Waals surface area contributed by atoms with Gasteiger partial charge in [-0.05, 0) is 35.8 Å². The Kier molecular flexibility index (Phi) is 6.61. The van der Waals surface area contributed by atoms with Crippen LogP contribution in [0.15, 0.2) is 59.5 Å². The molecular formula is C28H31NO2S. The Hall–Kier alpha value is -2.72. The summed E-state index contributed by atoms with van der Waals surface area (Å²) < 4.78 is 8.36. The molecule has 4 aromatic rings. The van der Waals surface area contributed by atoms with Crippen molar-refractivity contribution in [2.45, 2.75) is 57.9 Å². The van der Waals surface area contributed by atoms with E-state index in [9.17, 15) is 4.79 Å². The number of aryl methyl sites for hydroxylation is 1. The highest BCUT2D eigenvalue weighted by atomic mass is 32.2. The number of carbonyl (C=O) groups is 1. The van der Waals surface area contributed by atoms with E-state index in [0.717, 1.165) is 30.0 Å². The van der Waals surface area contributed by atoms with Crippen molar-refractivity contribution in [3.63, 3.8) is 0 Å². The highest BCUT2D eigenvalue weighted by Crippen LogP contribution is 2.48. The lowest BCUT2D eigenvalue weighted by molar-refractivity contribution is -0.132. The molecule has 0 saturated heterocycles. The van der Waals surface area contributed by atoms with Crippen LogP contribution in [0.1, 0.15) is 56.7 Å². The van der Waals surface area contributed by atoms with E-state index in [-0.39, 0.29) is 11.9 Å². The molecule has 0 amide bonds. The van der Waals surface area contributed by atoms with Gasteiger partial charge in [0.05, 0.1) is 10.4 Å². The molecule has 0 aliphatic heterocycles. The van der Waals surface area contributed by atoms with Gasteiger partial charge in [0.25, 0.3) is 0 Å². The fourth-order valence-electron chi connectivity index (χ4n) is 4.83. The first-order chi connectivity index (χ1) is 15.5. The number of aromatic nitrogens is 1. The zero-order valence-electron chi connectivity index (χ0n) is 19.6. The number of ether oxygens (including phenoxy) is 1. The van der Waals surface area contributed by atoms with Crippen LogP contribution in [0.3, 0.4) is 0 Å². The van der Waals surface area contributed by atoms with Crippen molar-refractivity contribution in [3.8, 4) is 5.75 Å². The summed E-state index contributed by atoms with van der Waals surface area (Å²) in [6.07, 6.45) is 4.06. The van der Waals surface area contributed by atoms with Crippen molar-refractivity contribution in [1.29, 1.82) is 0 Å². The summed E-state index contributed by atoms with van der Waals surface area (Å²) >= 11 is 1.67. The van der Waals surface area contributed by atoms with Crippen LogP contribution in [-0.4, -0.2) is 16.8 Å². The van der Waals surface area contributed by atoms with Gasteiger partial charge in [-0.3, -0.25) is 4.79 Å². The first-order valence-electron chi connectivity index (χ1n) is 11.3. The zero-order valence-corrected chi connectivity index (χ0v) is 20.4. The maximum atomic E-state index is 12.2. The van der Waals surface area contributed by atoms with E-state index in [1.54, 1.807) is 11.8 Å². The SMILES string of the molecule is CCCc1c(C(C)C)c(OC(C)=O)c(SC)c2c1c1ccccc1n2Cc1ccccc1. The molecule has 166 valence electrons. The number of hydrogen-bond acceptors (Lipinski definition) is 3. The van der Waals surface area contributed by atoms with Gasteiger partial charge in [-0.1, -0.05) is 75.7 Å². The Bertz CT molecular complexity index is 1270. The van der Waals surface area contributed by atoms with Crippen molar-refractivity contribution in [1.82, 2.24) is 4.57 Å². The minimum absolute atomic E-state index is 0.248. The summed E-state index contributed by atoms with van der Waals surface area (Å²) in [5, 5.41) is 2.58. The summed E-state index contributed by atoms with van der Waals surface area (Å²) in [6.45, 7) is 8.87. The van der Waals surface area contributed by atoms with E-state index < -0.39 is 0 Å². The van der Waals surface area contributed by atoms with Gasteiger partial charge in [-0.25, -0.2) is 0 Å². The van der Waals surface area contributed by atoms with Gasteiger partial charge in [0.2, 0.25) is 0 Å². The Morgan fingerprint density at radius 2 is 1.75 bits per heavy atom. The van der Waals surface area contributed by atoms with E-state index >= 15 is 0 Å². The average Bonchev–Trinajstić information content (AvgIpc) is 3.08. The molecule has 0 unspecified atom stereocenters. The van der Waals surface area contributed by atoms with Crippen LogP contribution in [0.4, 0.5) is 0 Å². The van der Waals surface area contributed by atoms with Crippen molar-refractivity contribution in [2.24, 2.45) is 0 Å². The van der Waals surface area contributed by atoms with Crippen molar-refractivity contribution in [3.05, 3.63) is 71.3 Å². The van der Waals surface area contributed by atoms with Crippen LogP contribution in [0.25, 0.3) is 21.8 Å². The molecule has 0 spiro atoms. The number of thioether (sulfide) groups is 1. The monoisotopic (exact) mass is 445 g/mol. The minimum Gasteiger partial charge on any atom is -0.425 e. The Morgan fingerprint density at radius 1 is 1.06 bits per heavy atom. The number of benzene rings is 3. The molecule has 4 heteroatoms. The predicted molar refractivity (Wildman–Crippen MR) is 136 cm³/mol. The Morgan fingerprint density at radius 3 is 2.38 bits per heavy atom. The molecule has 0 fully saturated rings. The van der Waals surface area contributed by atoms with Crippen LogP contribution in [0, 0.1) is 0 Å². The van der Waals surface area contributed by atoms with Gasteiger partial charge >= 0.3 is 5.97 Å². The fourth-order valence-corrected chi connectivity index (χ4v) is 5.57. The van der Waals surface area contributed by atoms with Gasteiger partial charge in [0.15, 0.2) is 0 Å². The van der Waals surface area contributed by atoms with E-state index in [2.05, 4.69) is 86.2 Å². The second-order valence-corrected chi connectivity index (χ2v) is 9.38. The molecule has 4 rings (SSSR count). The standard InChI is InChI=1S/C28H31NO2S/c1-6-12-22-24(18(2)3)27(31-19(4)30)28(32-5)26-25(22)21-15-10-11-16-23(21)29(26)17-20-13-8-7-9-14-20/h7-11,13-16,18H,6,12,17H2,1-5H3. The molecule has 0 aliphatic rings. The number of nitrogens with zero attached hydrogens (tertiary/aromatic N) is 1. The van der Waals surface area contributed by atoms with Gasteiger partial charge in [0.1, 0.15) is 5.75 Å². The van der Waals surface area contributed by atoms with Crippen molar-refractivity contribution in [2.75, 3.05) is 6.26 Å². The third-order valence-electron chi connectivity index (χ3n) is 5.97. The number of rotatable bonds is 7. The number of fused-ring (bicyclic) bond motifs is 3. The summed E-state index contributed by atoms with van der Waals surface area (Å²) in [5.74, 6) is 0.722. The molecule has 0 radical (unpaired) electrons. The largest absolute Gasteiger partial charge is 0.425 e. The number of carbonyl (C=O) groups excluding carboxylic acids is 1. The van der Waals surface area contributed by atoms with Crippen LogP contribution in [0.5, 0.6) is 5.75 Å². The third kappa shape index (κ3) is 3.93. The topological polar surface area (TPSA) is 31.2 Å². The molecule has 1 aromatic heterocycles. The predicted octanol–water partition coefficient (Wildman–Crippen LogP) is 7.57. The summed E-state index contributed by atoms with van der Waals surface area (Å²) in [5.41, 5.74) is 6.12. The highest BCUT2D eigenvalue weighted by Gasteiger charge is 2.27. The lowest BCUT2D eigenvalue weighted by Crippen LogP contribution is -2.10. The van der Waals surface area contributed by atoms with Crippen molar-refractivity contribution >= 4 is 39.5 Å². The van der Waals surface area contributed by atoms with Gasteiger partial charge in [-0.15, -0.1) is 11.8 Å². The van der Waals surface area contributed by atoms with E-state index in [4.69, 9.17) is 4.74 Å². The molecule has 0 aliphatic carbocycles. The van der Waals surface area contributed by atoms with E-state index in [1.165, 1.54) is 45.4 Å². The van der Waals surface area contributed by atoms with E-state index in [0.29, 0.717) is 0 Å². The number of para-hydroxylation sites is 1. The lowest BCUT2D eigenvalue weighted by Gasteiger charge is -2.22. The molecule has 3 aromatic carbocycles. The van der Waals surface area contributed by atoms with Crippen LogP contribution >= 0.6 is 11.8 Å². The second-order valence-electron chi connectivity index (χ2n) is 8.57. The highest BCUT2D eigenvalue weighted by molar-refractivity contribution is 7.99. The molecule has 3 nitrogen and oxygen atoms in total. The van der Waals surface area contributed by atoms with Gasteiger partial charge in [0, 0.05) is 35.3 Å². The fraction of sp³-hybridized carbons (Fsp3) is 0.321. The van der Waals surface area contributed by atoms with Crippen LogP contribution < -0.4 is 4.74 Å². The molecule has 0 N–H and O–H groups in total. The quantitative estimate of drug-likeness (QED) is 0.167. The maximum Gasteiger partial charge on any atom is 0.308 e. The first-order valence-corrected chi connectivity index (χ1v) is 12.6. The molecular weight excluding hydrogens is 414 g/mol. The van der Waals surface area contributed by atoms with Crippen LogP contribution in [-0.2, 0) is 17.8 Å². The molecule has 0 bridgehead atoms. The number of hydrogen-bond donors (Lipinski definition) is 0. The van der Waals surface area contributed by atoms with Gasteiger partial charge < -0.3 is 9.30 Å². The molecule has 32 heavy (non-hydrogen) atoms. The normalized spacial score (nSPS) is 11.6. The van der Waals surface area contributed by atoms with Crippen molar-refractivity contribution < 1.29 is 9.53 Å². The molecule has 0 saturated carbocycles. The Labute approximate surface area is 194 Å². The third-order valence-corrected chi connectivity index (χ3v) is 6.76. The minimum atomic E-state index is -0.269. The zero-order chi connectivity index (χ0) is 22.8. The van der Waals surface area contributed by atoms with Crippen LogP contribution in [0.2, 0.25) is 0 Å². The Balaban J connectivity index is 2.20. The second kappa shape index (κ2) is 9.41. The maximum absolute atomic E-state index is 12.2. The molecule has 1 heterocycles. The average molecular weight is 446 g/mol. The van der Waals surface area contributed by atoms with Gasteiger partial charge in [-0.2, -0.15) is 0 Å².